The molecule has 0 saturated carbocycles. The summed E-state index contributed by atoms with van der Waals surface area (Å²) in [4.78, 5) is 7.27. The summed E-state index contributed by atoms with van der Waals surface area (Å²) in [6, 6.07) is 10.5. The van der Waals surface area contributed by atoms with Crippen molar-refractivity contribution in [3.63, 3.8) is 0 Å². The predicted octanol–water partition coefficient (Wildman–Crippen LogP) is 3.75. The Kier molecular flexibility index (Phi) is 7.98. The van der Waals surface area contributed by atoms with E-state index < -0.39 is 0 Å². The van der Waals surface area contributed by atoms with Gasteiger partial charge in [0.15, 0.2) is 0 Å². The number of aromatic nitrogens is 1. The summed E-state index contributed by atoms with van der Waals surface area (Å²) in [5.41, 5.74) is 8.70. The van der Waals surface area contributed by atoms with Gasteiger partial charge in [0.05, 0.1) is 10.7 Å². The molecule has 0 amide bonds. The minimum absolute atomic E-state index is 0. The van der Waals surface area contributed by atoms with Crippen LogP contribution in [0.1, 0.15) is 29.6 Å². The number of likely N-dealkylation sites (tertiary alicyclic amines) is 1. The van der Waals surface area contributed by atoms with Crippen molar-refractivity contribution in [3.05, 3.63) is 52.0 Å². The van der Waals surface area contributed by atoms with E-state index in [1.54, 1.807) is 11.3 Å². The van der Waals surface area contributed by atoms with Gasteiger partial charge in [0.1, 0.15) is 0 Å². The molecule has 3 nitrogen and oxygen atoms in total. The fourth-order valence-corrected chi connectivity index (χ4v) is 3.75. The molecule has 1 aromatic carbocycles. The second kappa shape index (κ2) is 9.00. The summed E-state index contributed by atoms with van der Waals surface area (Å²) in [5.74, 6) is 0. The number of benzene rings is 1. The van der Waals surface area contributed by atoms with Gasteiger partial charge in [-0.15, -0.1) is 36.2 Å². The first-order chi connectivity index (χ1) is 10.2. The Morgan fingerprint density at radius 2 is 2.00 bits per heavy atom. The summed E-state index contributed by atoms with van der Waals surface area (Å²) in [6.07, 6.45) is 2.14. The van der Waals surface area contributed by atoms with Gasteiger partial charge in [-0.25, -0.2) is 4.98 Å². The molecule has 6 heteroatoms. The minimum Gasteiger partial charge on any atom is -0.330 e. The summed E-state index contributed by atoms with van der Waals surface area (Å²) in [5, 5.41) is 3.41. The van der Waals surface area contributed by atoms with Crippen molar-refractivity contribution in [2.24, 2.45) is 11.1 Å². The van der Waals surface area contributed by atoms with E-state index in [4.69, 9.17) is 10.7 Å². The van der Waals surface area contributed by atoms with Crippen LogP contribution in [0.3, 0.4) is 0 Å². The largest absolute Gasteiger partial charge is 0.330 e. The maximum atomic E-state index is 5.87. The minimum atomic E-state index is 0. The first-order valence-corrected chi connectivity index (χ1v) is 8.44. The van der Waals surface area contributed by atoms with Crippen LogP contribution in [0.4, 0.5) is 0 Å². The molecule has 3 rings (SSSR count). The van der Waals surface area contributed by atoms with Crippen LogP contribution in [-0.2, 0) is 13.0 Å². The van der Waals surface area contributed by atoms with Gasteiger partial charge in [-0.05, 0) is 30.5 Å². The summed E-state index contributed by atoms with van der Waals surface area (Å²) >= 11 is 1.77. The highest BCUT2D eigenvalue weighted by molar-refractivity contribution is 7.09. The van der Waals surface area contributed by atoms with Gasteiger partial charge >= 0.3 is 0 Å². The Morgan fingerprint density at radius 3 is 2.65 bits per heavy atom. The third-order valence-corrected chi connectivity index (χ3v) is 5.21. The molecule has 1 aliphatic rings. The second-order valence-corrected chi connectivity index (χ2v) is 7.31. The number of hydrogen-bond donors (Lipinski definition) is 1. The Morgan fingerprint density at radius 1 is 1.26 bits per heavy atom. The van der Waals surface area contributed by atoms with Crippen LogP contribution in [0.5, 0.6) is 0 Å². The Labute approximate surface area is 155 Å². The van der Waals surface area contributed by atoms with Crippen LogP contribution in [0, 0.1) is 5.41 Å². The molecule has 2 aromatic rings. The van der Waals surface area contributed by atoms with E-state index in [1.165, 1.54) is 22.7 Å². The van der Waals surface area contributed by atoms with Crippen molar-refractivity contribution >= 4 is 36.2 Å². The van der Waals surface area contributed by atoms with Crippen LogP contribution < -0.4 is 5.73 Å². The molecule has 1 aliphatic heterocycles. The number of rotatable bonds is 5. The highest BCUT2D eigenvalue weighted by Crippen LogP contribution is 2.29. The smallest absolute Gasteiger partial charge is 0.0972 e. The van der Waals surface area contributed by atoms with Gasteiger partial charge < -0.3 is 5.73 Å². The number of nitrogens with two attached hydrogens (primary N) is 1. The maximum Gasteiger partial charge on any atom is 0.0972 e. The molecule has 23 heavy (non-hydrogen) atoms. The summed E-state index contributed by atoms with van der Waals surface area (Å²) in [6.45, 7) is 6.25. The lowest BCUT2D eigenvalue weighted by Crippen LogP contribution is -2.31. The van der Waals surface area contributed by atoms with Gasteiger partial charge in [-0.2, -0.15) is 0 Å². The molecule has 0 bridgehead atoms. The standard InChI is InChI=1S/C17H23N3S.2ClH/c1-17(12-18)7-8-20(13-17)10-15-11-21-16(19-15)9-14-5-3-2-4-6-14;;/h2-6,11H,7-10,12-13,18H2,1H3;2*1H. The third-order valence-electron chi connectivity index (χ3n) is 4.31. The molecule has 2 heterocycles. The van der Waals surface area contributed by atoms with E-state index in [-0.39, 0.29) is 24.8 Å². The van der Waals surface area contributed by atoms with Crippen molar-refractivity contribution in [1.82, 2.24) is 9.88 Å². The topological polar surface area (TPSA) is 42.1 Å². The van der Waals surface area contributed by atoms with E-state index in [0.717, 1.165) is 32.6 Å². The van der Waals surface area contributed by atoms with Crippen LogP contribution >= 0.6 is 36.2 Å². The molecular weight excluding hydrogens is 349 g/mol. The zero-order chi connectivity index (χ0) is 14.7. The van der Waals surface area contributed by atoms with Crippen molar-refractivity contribution in [2.45, 2.75) is 26.3 Å². The molecule has 0 spiro atoms. The number of thiazole rings is 1. The Hall–Kier alpha value is -0.650. The summed E-state index contributed by atoms with van der Waals surface area (Å²) < 4.78 is 0. The lowest BCUT2D eigenvalue weighted by atomic mass is 9.90. The number of hydrogen-bond acceptors (Lipinski definition) is 4. The molecule has 1 unspecified atom stereocenters. The molecule has 0 aliphatic carbocycles. The van der Waals surface area contributed by atoms with Gasteiger partial charge in [0, 0.05) is 24.9 Å². The van der Waals surface area contributed by atoms with E-state index in [0.29, 0.717) is 5.41 Å². The predicted molar refractivity (Wildman–Crippen MR) is 103 cm³/mol. The van der Waals surface area contributed by atoms with Crippen LogP contribution in [0.2, 0.25) is 0 Å². The first kappa shape index (κ1) is 20.4. The maximum absolute atomic E-state index is 5.87. The van der Waals surface area contributed by atoms with Crippen LogP contribution in [0.15, 0.2) is 35.7 Å². The average Bonchev–Trinajstić information content (AvgIpc) is 3.08. The van der Waals surface area contributed by atoms with Crippen molar-refractivity contribution in [1.29, 1.82) is 0 Å². The highest BCUT2D eigenvalue weighted by atomic mass is 35.5. The monoisotopic (exact) mass is 373 g/mol. The molecule has 0 radical (unpaired) electrons. The molecule has 1 aromatic heterocycles. The van der Waals surface area contributed by atoms with Gasteiger partial charge in [0.25, 0.3) is 0 Å². The van der Waals surface area contributed by atoms with E-state index >= 15 is 0 Å². The molecule has 1 saturated heterocycles. The van der Waals surface area contributed by atoms with Gasteiger partial charge in [-0.3, -0.25) is 4.90 Å². The SMILES string of the molecule is CC1(CN)CCN(Cc2csc(Cc3ccccc3)n2)C1.Cl.Cl. The molecule has 1 atom stereocenters. The molecule has 1 fully saturated rings. The zero-order valence-electron chi connectivity index (χ0n) is 13.4. The number of halogens is 2. The summed E-state index contributed by atoms with van der Waals surface area (Å²) in [7, 11) is 0. The first-order valence-electron chi connectivity index (χ1n) is 7.56. The number of nitrogens with zero attached hydrogens (tertiary/aromatic N) is 2. The van der Waals surface area contributed by atoms with E-state index in [1.807, 2.05) is 0 Å². The third kappa shape index (κ3) is 5.44. The fourth-order valence-electron chi connectivity index (χ4n) is 2.93. The van der Waals surface area contributed by atoms with Crippen molar-refractivity contribution < 1.29 is 0 Å². The fraction of sp³-hybridized carbons (Fsp3) is 0.471. The second-order valence-electron chi connectivity index (χ2n) is 6.37. The lowest BCUT2D eigenvalue weighted by molar-refractivity contribution is 0.272. The lowest BCUT2D eigenvalue weighted by Gasteiger charge is -2.22. The average molecular weight is 374 g/mol. The van der Waals surface area contributed by atoms with Crippen molar-refractivity contribution in [2.75, 3.05) is 19.6 Å². The van der Waals surface area contributed by atoms with Crippen LogP contribution in [0.25, 0.3) is 0 Å². The van der Waals surface area contributed by atoms with Gasteiger partial charge in [0.2, 0.25) is 0 Å². The quantitative estimate of drug-likeness (QED) is 0.867. The highest BCUT2D eigenvalue weighted by Gasteiger charge is 2.32. The van der Waals surface area contributed by atoms with E-state index in [2.05, 4.69) is 47.5 Å². The Balaban J connectivity index is 0.00000132. The van der Waals surface area contributed by atoms with Gasteiger partial charge in [-0.1, -0.05) is 37.3 Å². The molecular formula is C17H25Cl2N3S. The Bertz CT molecular complexity index is 591. The zero-order valence-corrected chi connectivity index (χ0v) is 15.9. The van der Waals surface area contributed by atoms with Crippen LogP contribution in [-0.4, -0.2) is 29.5 Å². The molecule has 128 valence electrons. The normalized spacial score (nSPS) is 20.8. The molecule has 2 N–H and O–H groups in total. The van der Waals surface area contributed by atoms with E-state index in [9.17, 15) is 0 Å². The van der Waals surface area contributed by atoms with Crippen molar-refractivity contribution in [3.8, 4) is 0 Å².